The fourth-order valence-electron chi connectivity index (χ4n) is 2.57. The molecule has 1 aliphatic rings. The molecule has 0 aliphatic carbocycles. The summed E-state index contributed by atoms with van der Waals surface area (Å²) in [5.74, 6) is 1.50. The fourth-order valence-corrected chi connectivity index (χ4v) is 2.82. The fraction of sp³-hybridized carbons (Fsp3) is 0.733. The van der Waals surface area contributed by atoms with Crippen molar-refractivity contribution < 1.29 is 4.79 Å². The zero-order valence-corrected chi connectivity index (χ0v) is 14.0. The lowest BCUT2D eigenvalue weighted by Crippen LogP contribution is -2.41. The maximum absolute atomic E-state index is 12.1. The quantitative estimate of drug-likeness (QED) is 0.865. The molecule has 0 aromatic carbocycles. The number of imidazole rings is 1. The molecule has 0 spiro atoms. The molecule has 118 valence electrons. The highest BCUT2D eigenvalue weighted by atomic mass is 32.2. The van der Waals surface area contributed by atoms with Crippen LogP contribution in [0.2, 0.25) is 0 Å². The summed E-state index contributed by atoms with van der Waals surface area (Å²) in [6.07, 6.45) is 7.78. The van der Waals surface area contributed by atoms with Gasteiger partial charge < -0.3 is 9.88 Å². The Bertz CT molecular complexity index is 454. The number of nitrogens with one attached hydrogen (secondary N) is 1. The van der Waals surface area contributed by atoms with E-state index in [9.17, 15) is 4.79 Å². The van der Waals surface area contributed by atoms with Crippen molar-refractivity contribution in [2.75, 3.05) is 25.9 Å². The van der Waals surface area contributed by atoms with Gasteiger partial charge in [-0.25, -0.2) is 4.98 Å². The van der Waals surface area contributed by atoms with Crippen molar-refractivity contribution in [1.29, 1.82) is 0 Å². The van der Waals surface area contributed by atoms with Crippen LogP contribution in [0.15, 0.2) is 12.4 Å². The summed E-state index contributed by atoms with van der Waals surface area (Å²) >= 11 is 1.79. The Morgan fingerprint density at radius 1 is 1.52 bits per heavy atom. The van der Waals surface area contributed by atoms with Gasteiger partial charge in [-0.1, -0.05) is 6.92 Å². The molecule has 1 atom stereocenters. The van der Waals surface area contributed by atoms with E-state index in [0.717, 1.165) is 44.8 Å². The summed E-state index contributed by atoms with van der Waals surface area (Å²) in [7, 11) is 2.02. The number of aromatic nitrogens is 2. The highest BCUT2D eigenvalue weighted by Gasteiger charge is 2.25. The van der Waals surface area contributed by atoms with Crippen molar-refractivity contribution in [1.82, 2.24) is 19.8 Å². The maximum Gasteiger partial charge on any atom is 0.223 e. The minimum atomic E-state index is 0.177. The number of piperidine rings is 1. The smallest absolute Gasteiger partial charge is 0.223 e. The number of carbonyl (C=O) groups is 1. The summed E-state index contributed by atoms with van der Waals surface area (Å²) in [5, 5.41) is 3.56. The third-order valence-electron chi connectivity index (χ3n) is 4.21. The molecule has 1 aliphatic heterocycles. The molecule has 0 radical (unpaired) electrons. The summed E-state index contributed by atoms with van der Waals surface area (Å²) in [4.78, 5) is 18.9. The van der Waals surface area contributed by atoms with Gasteiger partial charge in [0.25, 0.3) is 0 Å². The maximum atomic E-state index is 12.1. The van der Waals surface area contributed by atoms with E-state index in [1.165, 1.54) is 0 Å². The van der Waals surface area contributed by atoms with E-state index >= 15 is 0 Å². The van der Waals surface area contributed by atoms with Crippen LogP contribution in [0.25, 0.3) is 0 Å². The molecule has 1 saturated heterocycles. The monoisotopic (exact) mass is 310 g/mol. The first kappa shape index (κ1) is 16.4. The Labute approximate surface area is 131 Å². The molecule has 0 saturated carbocycles. The lowest BCUT2D eigenvalue weighted by atomic mass is 9.96. The summed E-state index contributed by atoms with van der Waals surface area (Å²) in [5.41, 5.74) is 0. The Morgan fingerprint density at radius 3 is 2.81 bits per heavy atom. The van der Waals surface area contributed by atoms with Crippen LogP contribution in [-0.4, -0.2) is 51.5 Å². The number of likely N-dealkylation sites (tertiary alicyclic amines) is 1. The molecule has 1 aromatic heterocycles. The molecule has 1 aromatic rings. The highest BCUT2D eigenvalue weighted by molar-refractivity contribution is 7.99. The van der Waals surface area contributed by atoms with E-state index in [2.05, 4.69) is 32.9 Å². The predicted octanol–water partition coefficient (Wildman–Crippen LogP) is 1.50. The van der Waals surface area contributed by atoms with Gasteiger partial charge in [0.15, 0.2) is 0 Å². The second kappa shape index (κ2) is 7.84. The summed E-state index contributed by atoms with van der Waals surface area (Å²) in [6, 6.07) is 0. The van der Waals surface area contributed by atoms with E-state index in [1.54, 1.807) is 11.8 Å². The predicted molar refractivity (Wildman–Crippen MR) is 87.2 cm³/mol. The third-order valence-corrected chi connectivity index (χ3v) is 5.18. The van der Waals surface area contributed by atoms with Crippen molar-refractivity contribution in [3.8, 4) is 0 Å². The number of carbonyl (C=O) groups excluding carboxylic acids is 1. The van der Waals surface area contributed by atoms with Crippen LogP contribution in [0, 0.1) is 5.92 Å². The zero-order valence-electron chi connectivity index (χ0n) is 13.2. The standard InChI is InChI=1S/C15H26N4OS/c1-12(21-3)10-17-15(20)13-4-7-19(8-5-13)11-14-16-6-9-18(14)2/h6,9,12-13H,4-5,7-8,10-11H2,1-3H3,(H,17,20)/t12-/m1/s1. The molecular formula is C15H26N4OS. The number of hydrogen-bond acceptors (Lipinski definition) is 4. The molecule has 21 heavy (non-hydrogen) atoms. The molecular weight excluding hydrogens is 284 g/mol. The first-order valence-corrected chi connectivity index (χ1v) is 8.88. The minimum Gasteiger partial charge on any atom is -0.355 e. The van der Waals surface area contributed by atoms with E-state index in [4.69, 9.17) is 0 Å². The van der Waals surface area contributed by atoms with Crippen LogP contribution in [0.5, 0.6) is 0 Å². The van der Waals surface area contributed by atoms with Crippen molar-refractivity contribution in [2.45, 2.75) is 31.6 Å². The van der Waals surface area contributed by atoms with Gasteiger partial charge in [0.1, 0.15) is 5.82 Å². The lowest BCUT2D eigenvalue weighted by Gasteiger charge is -2.31. The second-order valence-electron chi connectivity index (χ2n) is 5.80. The Hall–Kier alpha value is -1.01. The molecule has 2 rings (SSSR count). The van der Waals surface area contributed by atoms with E-state index < -0.39 is 0 Å². The average Bonchev–Trinajstić information content (AvgIpc) is 2.90. The summed E-state index contributed by atoms with van der Waals surface area (Å²) in [6.45, 7) is 5.74. The van der Waals surface area contributed by atoms with Gasteiger partial charge in [-0.15, -0.1) is 0 Å². The average molecular weight is 310 g/mol. The second-order valence-corrected chi connectivity index (χ2v) is 7.07. The van der Waals surface area contributed by atoms with Crippen LogP contribution in [-0.2, 0) is 18.4 Å². The van der Waals surface area contributed by atoms with E-state index in [0.29, 0.717) is 5.25 Å². The van der Waals surface area contributed by atoms with Gasteiger partial charge in [0, 0.05) is 37.2 Å². The minimum absolute atomic E-state index is 0.177. The number of amides is 1. The van der Waals surface area contributed by atoms with Crippen LogP contribution in [0.1, 0.15) is 25.6 Å². The van der Waals surface area contributed by atoms with E-state index in [1.807, 2.05) is 19.4 Å². The number of rotatable bonds is 6. The van der Waals surface area contributed by atoms with Crippen molar-refractivity contribution >= 4 is 17.7 Å². The lowest BCUT2D eigenvalue weighted by molar-refractivity contribution is -0.126. The number of hydrogen-bond donors (Lipinski definition) is 1. The number of nitrogens with zero attached hydrogens (tertiary/aromatic N) is 3. The first-order valence-electron chi connectivity index (χ1n) is 7.59. The van der Waals surface area contributed by atoms with Gasteiger partial charge in [0.2, 0.25) is 5.91 Å². The molecule has 6 heteroatoms. The van der Waals surface area contributed by atoms with Crippen LogP contribution in [0.3, 0.4) is 0 Å². The topological polar surface area (TPSA) is 50.2 Å². The Morgan fingerprint density at radius 2 is 2.24 bits per heavy atom. The van der Waals surface area contributed by atoms with Gasteiger partial charge in [-0.05, 0) is 32.2 Å². The van der Waals surface area contributed by atoms with Crippen molar-refractivity contribution in [2.24, 2.45) is 13.0 Å². The molecule has 1 amide bonds. The normalized spacial score (nSPS) is 18.6. The number of thioether (sulfide) groups is 1. The molecule has 5 nitrogen and oxygen atoms in total. The van der Waals surface area contributed by atoms with Crippen molar-refractivity contribution in [3.63, 3.8) is 0 Å². The number of aryl methyl sites for hydroxylation is 1. The van der Waals surface area contributed by atoms with Crippen LogP contribution < -0.4 is 5.32 Å². The van der Waals surface area contributed by atoms with Gasteiger partial charge in [0.05, 0.1) is 6.54 Å². The molecule has 0 unspecified atom stereocenters. The highest BCUT2D eigenvalue weighted by Crippen LogP contribution is 2.19. The summed E-state index contributed by atoms with van der Waals surface area (Å²) < 4.78 is 2.06. The van der Waals surface area contributed by atoms with E-state index in [-0.39, 0.29) is 11.8 Å². The molecule has 2 heterocycles. The van der Waals surface area contributed by atoms with Crippen molar-refractivity contribution in [3.05, 3.63) is 18.2 Å². The van der Waals surface area contributed by atoms with Gasteiger partial charge in [-0.3, -0.25) is 9.69 Å². The Balaban J connectivity index is 1.73. The SMILES string of the molecule is CS[C@H](C)CNC(=O)C1CCN(Cc2nccn2C)CC1. The van der Waals surface area contributed by atoms with Gasteiger partial charge in [-0.2, -0.15) is 11.8 Å². The van der Waals surface area contributed by atoms with Gasteiger partial charge >= 0.3 is 0 Å². The Kier molecular flexibility index (Phi) is 6.11. The zero-order chi connectivity index (χ0) is 15.2. The van der Waals surface area contributed by atoms with Crippen LogP contribution in [0.4, 0.5) is 0 Å². The molecule has 1 fully saturated rings. The molecule has 1 N–H and O–H groups in total. The van der Waals surface area contributed by atoms with Crippen LogP contribution >= 0.6 is 11.8 Å². The first-order chi connectivity index (χ1) is 10.1. The largest absolute Gasteiger partial charge is 0.355 e. The third kappa shape index (κ3) is 4.74. The molecule has 0 bridgehead atoms.